The molecule has 0 heterocycles. The molecule has 0 spiro atoms. The van der Waals surface area contributed by atoms with Crippen LogP contribution in [-0.4, -0.2) is 33.5 Å². The zero-order chi connectivity index (χ0) is 14.8. The molecule has 1 aromatic carbocycles. The van der Waals surface area contributed by atoms with Crippen molar-refractivity contribution in [2.24, 2.45) is 0 Å². The monoisotopic (exact) mass is 345 g/mol. The number of hydrogen-bond donors (Lipinski definition) is 1. The predicted octanol–water partition coefficient (Wildman–Crippen LogP) is 3.37. The van der Waals surface area contributed by atoms with E-state index in [-0.39, 0.29) is 0 Å². The predicted molar refractivity (Wildman–Crippen MR) is 84.7 cm³/mol. The van der Waals surface area contributed by atoms with Crippen molar-refractivity contribution in [2.75, 3.05) is 33.5 Å². The summed E-state index contributed by atoms with van der Waals surface area (Å²) < 4.78 is 17.4. The summed E-state index contributed by atoms with van der Waals surface area (Å²) in [5.41, 5.74) is 1.15. The fraction of sp³-hybridized carbons (Fsp3) is 0.600. The van der Waals surface area contributed by atoms with Crippen LogP contribution >= 0.6 is 15.9 Å². The fourth-order valence-corrected chi connectivity index (χ4v) is 2.17. The molecular formula is C15H24BrNO3. The molecule has 0 bridgehead atoms. The van der Waals surface area contributed by atoms with Crippen molar-refractivity contribution in [2.45, 2.75) is 26.8 Å². The van der Waals surface area contributed by atoms with Crippen molar-refractivity contribution >= 4 is 15.9 Å². The molecule has 0 saturated carbocycles. The van der Waals surface area contributed by atoms with E-state index in [1.165, 1.54) is 0 Å². The number of halogens is 1. The Morgan fingerprint density at radius 2 is 1.85 bits per heavy atom. The van der Waals surface area contributed by atoms with Gasteiger partial charge >= 0.3 is 0 Å². The van der Waals surface area contributed by atoms with Gasteiger partial charge in [0, 0.05) is 24.7 Å². The van der Waals surface area contributed by atoms with Gasteiger partial charge in [0.1, 0.15) is 0 Å². The average molecular weight is 346 g/mol. The summed E-state index contributed by atoms with van der Waals surface area (Å²) in [6.07, 6.45) is 0.976. The molecule has 0 amide bonds. The highest BCUT2D eigenvalue weighted by molar-refractivity contribution is 9.10. The number of ether oxygens (including phenoxy) is 3. The van der Waals surface area contributed by atoms with E-state index < -0.39 is 0 Å². The van der Waals surface area contributed by atoms with Crippen molar-refractivity contribution in [3.8, 4) is 11.5 Å². The molecule has 114 valence electrons. The van der Waals surface area contributed by atoms with Crippen LogP contribution in [0.15, 0.2) is 16.6 Å². The molecule has 0 fully saturated rings. The van der Waals surface area contributed by atoms with Crippen molar-refractivity contribution in [1.82, 2.24) is 5.32 Å². The minimum Gasteiger partial charge on any atom is -0.490 e. The van der Waals surface area contributed by atoms with Crippen molar-refractivity contribution < 1.29 is 14.2 Å². The molecule has 1 N–H and O–H groups in total. The summed E-state index contributed by atoms with van der Waals surface area (Å²) in [7, 11) is 1.70. The SMILES string of the molecule is CCCOc1cc(Br)c(CNCCOC)cc1OCC. The lowest BCUT2D eigenvalue weighted by atomic mass is 10.2. The van der Waals surface area contributed by atoms with Gasteiger partial charge in [-0.25, -0.2) is 0 Å². The highest BCUT2D eigenvalue weighted by Gasteiger charge is 2.10. The summed E-state index contributed by atoms with van der Waals surface area (Å²) in [6, 6.07) is 4.01. The summed E-state index contributed by atoms with van der Waals surface area (Å²) in [6.45, 7) is 7.66. The second-order valence-electron chi connectivity index (χ2n) is 4.34. The van der Waals surface area contributed by atoms with Gasteiger partial charge < -0.3 is 19.5 Å². The van der Waals surface area contributed by atoms with Crippen molar-refractivity contribution in [3.05, 3.63) is 22.2 Å². The number of methoxy groups -OCH3 is 1. The van der Waals surface area contributed by atoms with Gasteiger partial charge in [-0.15, -0.1) is 0 Å². The molecule has 0 aliphatic rings. The first kappa shape index (κ1) is 17.3. The van der Waals surface area contributed by atoms with E-state index in [0.717, 1.165) is 41.0 Å². The number of benzene rings is 1. The molecule has 4 nitrogen and oxygen atoms in total. The van der Waals surface area contributed by atoms with Crippen molar-refractivity contribution in [1.29, 1.82) is 0 Å². The van der Waals surface area contributed by atoms with Gasteiger partial charge in [-0.1, -0.05) is 22.9 Å². The highest BCUT2D eigenvalue weighted by Crippen LogP contribution is 2.34. The lowest BCUT2D eigenvalue weighted by Crippen LogP contribution is -2.18. The minimum absolute atomic E-state index is 0.626. The molecule has 5 heteroatoms. The van der Waals surface area contributed by atoms with Crippen LogP contribution in [0, 0.1) is 0 Å². The first-order valence-electron chi connectivity index (χ1n) is 7.00. The van der Waals surface area contributed by atoms with Gasteiger partial charge in [0.15, 0.2) is 11.5 Å². The molecule has 0 atom stereocenters. The number of hydrogen-bond acceptors (Lipinski definition) is 4. The second-order valence-corrected chi connectivity index (χ2v) is 5.20. The van der Waals surface area contributed by atoms with Gasteiger partial charge in [-0.05, 0) is 31.0 Å². The summed E-state index contributed by atoms with van der Waals surface area (Å²) in [4.78, 5) is 0. The van der Waals surface area contributed by atoms with Gasteiger partial charge in [0.25, 0.3) is 0 Å². The van der Waals surface area contributed by atoms with Crippen LogP contribution < -0.4 is 14.8 Å². The molecule has 0 aliphatic carbocycles. The molecule has 20 heavy (non-hydrogen) atoms. The Morgan fingerprint density at radius 3 is 2.50 bits per heavy atom. The average Bonchev–Trinajstić information content (AvgIpc) is 2.45. The van der Waals surface area contributed by atoms with Gasteiger partial charge in [-0.3, -0.25) is 0 Å². The Bertz CT molecular complexity index is 399. The van der Waals surface area contributed by atoms with Gasteiger partial charge in [0.2, 0.25) is 0 Å². The Kier molecular flexibility index (Phi) is 8.65. The minimum atomic E-state index is 0.626. The van der Waals surface area contributed by atoms with E-state index in [4.69, 9.17) is 14.2 Å². The largest absolute Gasteiger partial charge is 0.490 e. The molecule has 1 aromatic rings. The van der Waals surface area contributed by atoms with Crippen LogP contribution in [0.4, 0.5) is 0 Å². The van der Waals surface area contributed by atoms with Crippen LogP contribution in [0.3, 0.4) is 0 Å². The lowest BCUT2D eigenvalue weighted by Gasteiger charge is -2.15. The maximum atomic E-state index is 5.72. The molecule has 0 aromatic heterocycles. The summed E-state index contributed by atoms with van der Waals surface area (Å²) in [5.74, 6) is 1.59. The molecule has 0 saturated heterocycles. The van der Waals surface area contributed by atoms with E-state index in [9.17, 15) is 0 Å². The first-order valence-corrected chi connectivity index (χ1v) is 7.79. The Hall–Kier alpha value is -0.780. The van der Waals surface area contributed by atoms with Gasteiger partial charge in [-0.2, -0.15) is 0 Å². The smallest absolute Gasteiger partial charge is 0.162 e. The standard InChI is InChI=1S/C15H24BrNO3/c1-4-7-20-15-10-13(16)12(9-14(15)19-5-2)11-17-6-8-18-3/h9-10,17H,4-8,11H2,1-3H3. The third-order valence-corrected chi connectivity index (χ3v) is 3.41. The van der Waals surface area contributed by atoms with E-state index in [2.05, 4.69) is 28.2 Å². The van der Waals surface area contributed by atoms with Crippen LogP contribution in [0.2, 0.25) is 0 Å². The van der Waals surface area contributed by atoms with Crippen LogP contribution in [0.25, 0.3) is 0 Å². The van der Waals surface area contributed by atoms with Gasteiger partial charge in [0.05, 0.1) is 19.8 Å². The summed E-state index contributed by atoms with van der Waals surface area (Å²) >= 11 is 3.59. The van der Waals surface area contributed by atoms with E-state index in [1.54, 1.807) is 7.11 Å². The maximum absolute atomic E-state index is 5.72. The van der Waals surface area contributed by atoms with E-state index >= 15 is 0 Å². The normalized spacial score (nSPS) is 10.6. The third-order valence-electron chi connectivity index (χ3n) is 2.67. The maximum Gasteiger partial charge on any atom is 0.162 e. The van der Waals surface area contributed by atoms with E-state index in [0.29, 0.717) is 19.8 Å². The first-order chi connectivity index (χ1) is 9.72. The molecule has 0 radical (unpaired) electrons. The zero-order valence-electron chi connectivity index (χ0n) is 12.5. The van der Waals surface area contributed by atoms with E-state index in [1.807, 2.05) is 19.1 Å². The molecular weight excluding hydrogens is 322 g/mol. The summed E-state index contributed by atoms with van der Waals surface area (Å²) in [5, 5.41) is 3.32. The third kappa shape index (κ3) is 5.69. The fourth-order valence-electron chi connectivity index (χ4n) is 1.70. The quantitative estimate of drug-likeness (QED) is 0.660. The zero-order valence-corrected chi connectivity index (χ0v) is 14.1. The highest BCUT2D eigenvalue weighted by atomic mass is 79.9. The number of rotatable bonds is 10. The lowest BCUT2D eigenvalue weighted by molar-refractivity contribution is 0.199. The van der Waals surface area contributed by atoms with Crippen molar-refractivity contribution in [3.63, 3.8) is 0 Å². The molecule has 1 rings (SSSR count). The second kappa shape index (κ2) is 10.0. The Balaban J connectivity index is 2.77. The Labute approximate surface area is 129 Å². The Morgan fingerprint density at radius 1 is 1.10 bits per heavy atom. The number of nitrogens with one attached hydrogen (secondary N) is 1. The molecule has 0 aliphatic heterocycles. The van der Waals surface area contributed by atoms with Crippen LogP contribution in [0.5, 0.6) is 11.5 Å². The topological polar surface area (TPSA) is 39.7 Å². The van der Waals surface area contributed by atoms with Crippen LogP contribution in [0.1, 0.15) is 25.8 Å². The van der Waals surface area contributed by atoms with Crippen LogP contribution in [-0.2, 0) is 11.3 Å². The molecule has 0 unspecified atom stereocenters.